The second-order valence-electron chi connectivity index (χ2n) is 8.25. The first-order valence-corrected chi connectivity index (χ1v) is 11.5. The van der Waals surface area contributed by atoms with Crippen molar-refractivity contribution in [2.45, 2.75) is 37.7 Å². The standard InChI is InChI=1S/C23H20ClF6N5O5/c24-13-7-5-12(6-8-13)19-33-35(21(39)34(19)10-17(36)23(28,29)30)11-18(37)32-9-16(40-20(31)38)14-3-1-2-4-15(14)22(25,26)27/h1-8,16-17,36H,9-11H2,(H2,31,38)(H,32,37)/t16?,17-/m0/s1. The lowest BCUT2D eigenvalue weighted by Crippen LogP contribution is -2.39. The number of aromatic nitrogens is 3. The monoisotopic (exact) mass is 595 g/mol. The molecular formula is C23H20ClF6N5O5. The zero-order chi connectivity index (χ0) is 29.8. The highest BCUT2D eigenvalue weighted by Gasteiger charge is 2.39. The van der Waals surface area contributed by atoms with Gasteiger partial charge in [0.15, 0.2) is 11.9 Å². The van der Waals surface area contributed by atoms with Crippen LogP contribution in [0.3, 0.4) is 0 Å². The second kappa shape index (κ2) is 12.0. The number of aliphatic hydroxyl groups excluding tert-OH is 1. The SMILES string of the molecule is NC(=O)OC(CNC(=O)Cn1nc(-c2ccc(Cl)cc2)n(C[C@H](O)C(F)(F)F)c1=O)c1ccccc1C(F)(F)F. The van der Waals surface area contributed by atoms with Crippen molar-refractivity contribution in [1.29, 1.82) is 0 Å². The maximum absolute atomic E-state index is 13.4. The molecule has 0 radical (unpaired) electrons. The highest BCUT2D eigenvalue weighted by atomic mass is 35.5. The minimum atomic E-state index is -5.07. The number of nitrogens with zero attached hydrogens (tertiary/aromatic N) is 3. The van der Waals surface area contributed by atoms with Crippen LogP contribution in [0.25, 0.3) is 11.4 Å². The predicted molar refractivity (Wildman–Crippen MR) is 127 cm³/mol. The maximum Gasteiger partial charge on any atom is 0.416 e. The van der Waals surface area contributed by atoms with E-state index >= 15 is 0 Å². The number of nitrogens with one attached hydrogen (secondary N) is 1. The Hall–Kier alpha value is -4.05. The number of halogens is 7. The molecule has 1 heterocycles. The Labute approximate surface area is 225 Å². The number of aliphatic hydroxyl groups is 1. The Bertz CT molecular complexity index is 1420. The van der Waals surface area contributed by atoms with Gasteiger partial charge in [0.2, 0.25) is 5.91 Å². The van der Waals surface area contributed by atoms with Crippen LogP contribution >= 0.6 is 11.6 Å². The molecular weight excluding hydrogens is 576 g/mol. The summed E-state index contributed by atoms with van der Waals surface area (Å²) >= 11 is 5.82. The molecule has 4 N–H and O–H groups in total. The van der Waals surface area contributed by atoms with Crippen LogP contribution in [0.15, 0.2) is 53.3 Å². The summed E-state index contributed by atoms with van der Waals surface area (Å²) in [7, 11) is 0. The van der Waals surface area contributed by atoms with E-state index in [0.717, 1.165) is 18.2 Å². The lowest BCUT2D eigenvalue weighted by atomic mass is 10.0. The smallest absolute Gasteiger partial charge is 0.416 e. The summed E-state index contributed by atoms with van der Waals surface area (Å²) in [6.45, 7) is -2.84. The van der Waals surface area contributed by atoms with E-state index in [1.54, 1.807) is 0 Å². The van der Waals surface area contributed by atoms with Gasteiger partial charge in [-0.3, -0.25) is 9.36 Å². The van der Waals surface area contributed by atoms with Gasteiger partial charge in [-0.05, 0) is 30.3 Å². The molecule has 1 aromatic heterocycles. The molecule has 10 nitrogen and oxygen atoms in total. The normalized spacial score (nSPS) is 13.5. The Kier molecular flexibility index (Phi) is 9.14. The van der Waals surface area contributed by atoms with Crippen LogP contribution in [-0.4, -0.2) is 50.3 Å². The summed E-state index contributed by atoms with van der Waals surface area (Å²) < 4.78 is 85.0. The number of amides is 2. The third kappa shape index (κ3) is 7.53. The fourth-order valence-electron chi connectivity index (χ4n) is 3.59. The first-order chi connectivity index (χ1) is 18.6. The van der Waals surface area contributed by atoms with E-state index in [1.807, 2.05) is 0 Å². The minimum absolute atomic E-state index is 0.133. The molecule has 0 aliphatic heterocycles. The molecule has 0 aliphatic carbocycles. The summed E-state index contributed by atoms with van der Waals surface area (Å²) in [5.41, 5.74) is 2.24. The topological polar surface area (TPSA) is 141 Å². The van der Waals surface area contributed by atoms with Gasteiger partial charge in [0.25, 0.3) is 0 Å². The van der Waals surface area contributed by atoms with Gasteiger partial charge >= 0.3 is 24.1 Å². The zero-order valence-electron chi connectivity index (χ0n) is 20.0. The van der Waals surface area contributed by atoms with Gasteiger partial charge in [0.05, 0.1) is 18.7 Å². The summed E-state index contributed by atoms with van der Waals surface area (Å²) in [6.07, 6.45) is -16.0. The van der Waals surface area contributed by atoms with Crippen molar-refractivity contribution in [2.24, 2.45) is 5.73 Å². The van der Waals surface area contributed by atoms with Crippen molar-refractivity contribution >= 4 is 23.6 Å². The van der Waals surface area contributed by atoms with E-state index in [1.165, 1.54) is 30.3 Å². The Balaban J connectivity index is 1.87. The number of nitrogens with two attached hydrogens (primary N) is 1. The van der Waals surface area contributed by atoms with Gasteiger partial charge in [0.1, 0.15) is 12.6 Å². The maximum atomic E-state index is 13.4. The molecule has 0 spiro atoms. The predicted octanol–water partition coefficient (Wildman–Crippen LogP) is 3.26. The molecule has 0 aliphatic rings. The summed E-state index contributed by atoms with van der Waals surface area (Å²) in [5, 5.41) is 15.9. The first-order valence-electron chi connectivity index (χ1n) is 11.1. The van der Waals surface area contributed by atoms with Crippen molar-refractivity contribution in [3.05, 3.63) is 75.2 Å². The van der Waals surface area contributed by atoms with E-state index in [4.69, 9.17) is 22.1 Å². The van der Waals surface area contributed by atoms with Crippen molar-refractivity contribution in [2.75, 3.05) is 6.54 Å². The average molecular weight is 596 g/mol. The van der Waals surface area contributed by atoms with Crippen LogP contribution < -0.4 is 16.7 Å². The zero-order valence-corrected chi connectivity index (χ0v) is 20.8. The molecule has 2 atom stereocenters. The minimum Gasteiger partial charge on any atom is -0.440 e. The number of hydrogen-bond donors (Lipinski definition) is 3. The van der Waals surface area contributed by atoms with Gasteiger partial charge in [0, 0.05) is 16.1 Å². The number of carbonyl (C=O) groups excluding carboxylic acids is 2. The van der Waals surface area contributed by atoms with Gasteiger partial charge < -0.3 is 20.9 Å². The Morgan fingerprint density at radius 3 is 2.27 bits per heavy atom. The number of primary amides is 1. The number of hydrogen-bond acceptors (Lipinski definition) is 6. The van der Waals surface area contributed by atoms with Crippen LogP contribution in [-0.2, 0) is 28.8 Å². The number of benzene rings is 2. The highest BCUT2D eigenvalue weighted by molar-refractivity contribution is 6.30. The third-order valence-electron chi connectivity index (χ3n) is 5.41. The van der Waals surface area contributed by atoms with Crippen LogP contribution in [0.4, 0.5) is 31.1 Å². The van der Waals surface area contributed by atoms with E-state index in [-0.39, 0.29) is 16.4 Å². The van der Waals surface area contributed by atoms with E-state index < -0.39 is 73.0 Å². The first kappa shape index (κ1) is 30.5. The number of carbonyl (C=O) groups is 2. The fraction of sp³-hybridized carbons (Fsp3) is 0.304. The molecule has 216 valence electrons. The molecule has 0 saturated heterocycles. The molecule has 0 bridgehead atoms. The molecule has 40 heavy (non-hydrogen) atoms. The van der Waals surface area contributed by atoms with E-state index in [2.05, 4.69) is 10.4 Å². The van der Waals surface area contributed by atoms with Crippen LogP contribution in [0, 0.1) is 0 Å². The second-order valence-corrected chi connectivity index (χ2v) is 8.69. The summed E-state index contributed by atoms with van der Waals surface area (Å²) in [4.78, 5) is 36.8. The van der Waals surface area contributed by atoms with E-state index in [0.29, 0.717) is 9.25 Å². The number of rotatable bonds is 9. The van der Waals surface area contributed by atoms with Crippen molar-refractivity contribution in [3.8, 4) is 11.4 Å². The molecule has 3 rings (SSSR count). The quantitative estimate of drug-likeness (QED) is 0.324. The fourth-order valence-corrected chi connectivity index (χ4v) is 3.71. The van der Waals surface area contributed by atoms with Crippen LogP contribution in [0.2, 0.25) is 5.02 Å². The van der Waals surface area contributed by atoms with Gasteiger partial charge in [-0.25, -0.2) is 14.3 Å². The van der Waals surface area contributed by atoms with Crippen molar-refractivity contribution < 1.29 is 45.8 Å². The van der Waals surface area contributed by atoms with Crippen LogP contribution in [0.1, 0.15) is 17.2 Å². The lowest BCUT2D eigenvalue weighted by Gasteiger charge is -2.21. The largest absolute Gasteiger partial charge is 0.440 e. The van der Waals surface area contributed by atoms with Crippen LogP contribution in [0.5, 0.6) is 0 Å². The average Bonchev–Trinajstić information content (AvgIpc) is 3.15. The van der Waals surface area contributed by atoms with Crippen molar-refractivity contribution in [1.82, 2.24) is 19.7 Å². The highest BCUT2D eigenvalue weighted by Crippen LogP contribution is 2.35. The third-order valence-corrected chi connectivity index (χ3v) is 5.66. The van der Waals surface area contributed by atoms with Gasteiger partial charge in [-0.1, -0.05) is 29.8 Å². The Morgan fingerprint density at radius 1 is 1.07 bits per heavy atom. The molecule has 17 heteroatoms. The van der Waals surface area contributed by atoms with Gasteiger partial charge in [-0.15, -0.1) is 5.10 Å². The number of ether oxygens (including phenoxy) is 1. The number of alkyl halides is 6. The van der Waals surface area contributed by atoms with E-state index in [9.17, 15) is 45.8 Å². The van der Waals surface area contributed by atoms with Crippen molar-refractivity contribution in [3.63, 3.8) is 0 Å². The summed E-state index contributed by atoms with van der Waals surface area (Å²) in [6, 6.07) is 9.51. The Morgan fingerprint density at radius 2 is 1.70 bits per heavy atom. The lowest BCUT2D eigenvalue weighted by molar-refractivity contribution is -0.207. The molecule has 0 fully saturated rings. The van der Waals surface area contributed by atoms with Gasteiger partial charge in [-0.2, -0.15) is 26.3 Å². The molecule has 0 saturated carbocycles. The molecule has 2 amide bonds. The molecule has 2 aromatic carbocycles. The molecule has 3 aromatic rings. The molecule has 1 unspecified atom stereocenters. The summed E-state index contributed by atoms with van der Waals surface area (Å²) in [5.74, 6) is -1.35.